The molecule has 0 heterocycles. The minimum absolute atomic E-state index is 0.211. The first-order chi connectivity index (χ1) is 8.71. The normalized spacial score (nSPS) is 12.2. The summed E-state index contributed by atoms with van der Waals surface area (Å²) in [5.41, 5.74) is 1.22. The van der Waals surface area contributed by atoms with E-state index in [-0.39, 0.29) is 6.10 Å². The fraction of sp³-hybridized carbons (Fsp3) is 0.600. The Morgan fingerprint density at radius 3 is 2.61 bits per heavy atom. The molecule has 0 aliphatic heterocycles. The highest BCUT2D eigenvalue weighted by Gasteiger charge is 2.08. The van der Waals surface area contributed by atoms with E-state index in [4.69, 9.17) is 9.47 Å². The monoisotopic (exact) mass is 251 g/mol. The molecule has 0 aliphatic carbocycles. The van der Waals surface area contributed by atoms with Crippen molar-refractivity contribution in [3.05, 3.63) is 23.8 Å². The third-order valence-electron chi connectivity index (χ3n) is 2.89. The summed E-state index contributed by atoms with van der Waals surface area (Å²) >= 11 is 0. The molecule has 0 saturated carbocycles. The van der Waals surface area contributed by atoms with E-state index in [9.17, 15) is 0 Å². The molecule has 1 atom stereocenters. The van der Waals surface area contributed by atoms with Crippen LogP contribution in [-0.2, 0) is 6.54 Å². The predicted molar refractivity (Wildman–Crippen MR) is 75.4 cm³/mol. The Kier molecular flexibility index (Phi) is 6.58. The van der Waals surface area contributed by atoms with Gasteiger partial charge < -0.3 is 14.8 Å². The molecule has 1 rings (SSSR count). The first kappa shape index (κ1) is 14.8. The van der Waals surface area contributed by atoms with Crippen molar-refractivity contribution in [2.75, 3.05) is 13.7 Å². The molecule has 102 valence electrons. The molecule has 0 spiro atoms. The van der Waals surface area contributed by atoms with Gasteiger partial charge in [-0.1, -0.05) is 19.9 Å². The topological polar surface area (TPSA) is 30.5 Å². The van der Waals surface area contributed by atoms with Crippen molar-refractivity contribution in [2.45, 2.75) is 46.3 Å². The minimum Gasteiger partial charge on any atom is -0.493 e. The van der Waals surface area contributed by atoms with Gasteiger partial charge in [-0.05, 0) is 44.0 Å². The fourth-order valence-corrected chi connectivity index (χ4v) is 1.63. The lowest BCUT2D eigenvalue weighted by Crippen LogP contribution is -2.14. The molecule has 3 nitrogen and oxygen atoms in total. The molecule has 0 radical (unpaired) electrons. The molecule has 1 N–H and O–H groups in total. The SMILES string of the molecule is CCCNCc1ccc(O[C@@H](C)CC)c(OC)c1. The van der Waals surface area contributed by atoms with Crippen molar-refractivity contribution in [3.63, 3.8) is 0 Å². The lowest BCUT2D eigenvalue weighted by molar-refractivity contribution is 0.207. The molecule has 1 aromatic rings. The Hall–Kier alpha value is -1.22. The average Bonchev–Trinajstić information content (AvgIpc) is 2.40. The van der Waals surface area contributed by atoms with E-state index < -0.39 is 0 Å². The van der Waals surface area contributed by atoms with Crippen LogP contribution in [0, 0.1) is 0 Å². The summed E-state index contributed by atoms with van der Waals surface area (Å²) in [5, 5.41) is 3.38. The highest BCUT2D eigenvalue weighted by atomic mass is 16.5. The summed E-state index contributed by atoms with van der Waals surface area (Å²) < 4.78 is 11.2. The van der Waals surface area contributed by atoms with Crippen LogP contribution in [0.5, 0.6) is 11.5 Å². The number of ether oxygens (including phenoxy) is 2. The summed E-state index contributed by atoms with van der Waals surface area (Å²) in [6.45, 7) is 8.24. The number of rotatable bonds is 8. The lowest BCUT2D eigenvalue weighted by Gasteiger charge is -2.16. The van der Waals surface area contributed by atoms with E-state index in [1.54, 1.807) is 7.11 Å². The zero-order valence-corrected chi connectivity index (χ0v) is 12.0. The Bertz CT molecular complexity index is 352. The van der Waals surface area contributed by atoms with Crippen LogP contribution < -0.4 is 14.8 Å². The second kappa shape index (κ2) is 7.98. The van der Waals surface area contributed by atoms with Gasteiger partial charge in [-0.25, -0.2) is 0 Å². The first-order valence-corrected chi connectivity index (χ1v) is 6.75. The molecular weight excluding hydrogens is 226 g/mol. The highest BCUT2D eigenvalue weighted by Crippen LogP contribution is 2.29. The van der Waals surface area contributed by atoms with Crippen LogP contribution in [0.15, 0.2) is 18.2 Å². The van der Waals surface area contributed by atoms with Crippen LogP contribution in [0.2, 0.25) is 0 Å². The van der Waals surface area contributed by atoms with Gasteiger partial charge in [-0.2, -0.15) is 0 Å². The molecule has 0 aliphatic rings. The van der Waals surface area contributed by atoms with Gasteiger partial charge in [0.15, 0.2) is 11.5 Å². The maximum absolute atomic E-state index is 5.82. The Morgan fingerprint density at radius 2 is 2.00 bits per heavy atom. The van der Waals surface area contributed by atoms with Gasteiger partial charge in [-0.15, -0.1) is 0 Å². The Morgan fingerprint density at radius 1 is 1.22 bits per heavy atom. The average molecular weight is 251 g/mol. The minimum atomic E-state index is 0.211. The first-order valence-electron chi connectivity index (χ1n) is 6.75. The smallest absolute Gasteiger partial charge is 0.161 e. The van der Waals surface area contributed by atoms with Gasteiger partial charge in [-0.3, -0.25) is 0 Å². The van der Waals surface area contributed by atoms with Gasteiger partial charge in [0, 0.05) is 6.54 Å². The summed E-state index contributed by atoms with van der Waals surface area (Å²) in [6, 6.07) is 6.12. The molecule has 0 fully saturated rings. The molecule has 0 unspecified atom stereocenters. The molecule has 1 aromatic carbocycles. The quantitative estimate of drug-likeness (QED) is 0.719. The summed E-state index contributed by atoms with van der Waals surface area (Å²) in [7, 11) is 1.68. The standard InChI is InChI=1S/C15H25NO2/c1-5-9-16-11-13-7-8-14(15(10-13)17-4)18-12(3)6-2/h7-8,10,12,16H,5-6,9,11H2,1-4H3/t12-/m0/s1. The Labute approximate surface area is 110 Å². The maximum atomic E-state index is 5.82. The van der Waals surface area contributed by atoms with Crippen molar-refractivity contribution in [3.8, 4) is 11.5 Å². The van der Waals surface area contributed by atoms with Crippen molar-refractivity contribution in [1.82, 2.24) is 5.32 Å². The Balaban J connectivity index is 2.70. The highest BCUT2D eigenvalue weighted by molar-refractivity contribution is 5.43. The van der Waals surface area contributed by atoms with E-state index in [1.165, 1.54) is 5.56 Å². The molecule has 0 bridgehead atoms. The van der Waals surface area contributed by atoms with Crippen LogP contribution in [-0.4, -0.2) is 19.8 Å². The largest absolute Gasteiger partial charge is 0.493 e. The van der Waals surface area contributed by atoms with Crippen LogP contribution in [0.3, 0.4) is 0 Å². The number of nitrogens with one attached hydrogen (secondary N) is 1. The number of hydrogen-bond donors (Lipinski definition) is 1. The zero-order valence-electron chi connectivity index (χ0n) is 12.0. The fourth-order valence-electron chi connectivity index (χ4n) is 1.63. The van der Waals surface area contributed by atoms with Crippen molar-refractivity contribution < 1.29 is 9.47 Å². The van der Waals surface area contributed by atoms with Gasteiger partial charge in [0.25, 0.3) is 0 Å². The second-order valence-electron chi connectivity index (χ2n) is 4.50. The van der Waals surface area contributed by atoms with E-state index in [2.05, 4.69) is 32.2 Å². The van der Waals surface area contributed by atoms with Crippen LogP contribution >= 0.6 is 0 Å². The van der Waals surface area contributed by atoms with Crippen molar-refractivity contribution in [1.29, 1.82) is 0 Å². The van der Waals surface area contributed by atoms with E-state index in [0.29, 0.717) is 0 Å². The van der Waals surface area contributed by atoms with Crippen molar-refractivity contribution in [2.24, 2.45) is 0 Å². The van der Waals surface area contributed by atoms with E-state index >= 15 is 0 Å². The van der Waals surface area contributed by atoms with Gasteiger partial charge in [0.1, 0.15) is 0 Å². The third kappa shape index (κ3) is 4.57. The molecule has 0 amide bonds. The molecule has 3 heteroatoms. The number of methoxy groups -OCH3 is 1. The maximum Gasteiger partial charge on any atom is 0.161 e. The molecule has 0 saturated heterocycles. The van der Waals surface area contributed by atoms with Crippen LogP contribution in [0.25, 0.3) is 0 Å². The third-order valence-corrected chi connectivity index (χ3v) is 2.89. The summed E-state index contributed by atoms with van der Waals surface area (Å²) in [4.78, 5) is 0. The van der Waals surface area contributed by atoms with E-state index in [1.807, 2.05) is 12.1 Å². The lowest BCUT2D eigenvalue weighted by atomic mass is 10.2. The zero-order chi connectivity index (χ0) is 13.4. The summed E-state index contributed by atoms with van der Waals surface area (Å²) in [6.07, 6.45) is 2.35. The molecule has 0 aromatic heterocycles. The number of hydrogen-bond acceptors (Lipinski definition) is 3. The van der Waals surface area contributed by atoms with Gasteiger partial charge in [0.2, 0.25) is 0 Å². The molecular formula is C15H25NO2. The van der Waals surface area contributed by atoms with Gasteiger partial charge >= 0.3 is 0 Å². The molecule has 18 heavy (non-hydrogen) atoms. The number of benzene rings is 1. The predicted octanol–water partition coefficient (Wildman–Crippen LogP) is 3.37. The summed E-state index contributed by atoms with van der Waals surface area (Å²) in [5.74, 6) is 1.64. The van der Waals surface area contributed by atoms with Crippen LogP contribution in [0.4, 0.5) is 0 Å². The van der Waals surface area contributed by atoms with Crippen LogP contribution in [0.1, 0.15) is 39.2 Å². The van der Waals surface area contributed by atoms with Crippen molar-refractivity contribution >= 4 is 0 Å². The van der Waals surface area contributed by atoms with Gasteiger partial charge in [0.05, 0.1) is 13.2 Å². The van der Waals surface area contributed by atoms with E-state index in [0.717, 1.165) is 37.4 Å². The second-order valence-corrected chi connectivity index (χ2v) is 4.50.